The highest BCUT2D eigenvalue weighted by Crippen LogP contribution is 2.28. The zero-order chi connectivity index (χ0) is 18.1. The zero-order valence-electron chi connectivity index (χ0n) is 14.5. The smallest absolute Gasteiger partial charge is 0.211 e. The number of piperazine rings is 1. The lowest BCUT2D eigenvalue weighted by Crippen LogP contribution is -2.48. The Balaban J connectivity index is 1.75. The first-order valence-corrected chi connectivity index (χ1v) is 10.4. The Kier molecular flexibility index (Phi) is 4.34. The maximum atomic E-state index is 11.8. The van der Waals surface area contributed by atoms with Crippen LogP contribution in [0.2, 0.25) is 0 Å². The van der Waals surface area contributed by atoms with Crippen LogP contribution in [0.15, 0.2) is 54.6 Å². The van der Waals surface area contributed by atoms with Crippen LogP contribution in [0.5, 0.6) is 0 Å². The van der Waals surface area contributed by atoms with Crippen molar-refractivity contribution in [1.29, 1.82) is 0 Å². The van der Waals surface area contributed by atoms with Crippen molar-refractivity contribution >= 4 is 26.7 Å². The number of sulfonamides is 1. The molecular formula is C19H20N4O2S. The summed E-state index contributed by atoms with van der Waals surface area (Å²) in [5.41, 5.74) is 1.86. The van der Waals surface area contributed by atoms with E-state index in [0.29, 0.717) is 32.0 Å². The van der Waals surface area contributed by atoms with Gasteiger partial charge in [0.05, 0.1) is 11.8 Å². The molecule has 1 saturated heterocycles. The zero-order valence-corrected chi connectivity index (χ0v) is 15.4. The van der Waals surface area contributed by atoms with E-state index in [-0.39, 0.29) is 0 Å². The van der Waals surface area contributed by atoms with Crippen LogP contribution in [0.25, 0.3) is 22.3 Å². The average Bonchev–Trinajstić information content (AvgIpc) is 2.67. The van der Waals surface area contributed by atoms with Crippen molar-refractivity contribution in [3.05, 3.63) is 54.6 Å². The van der Waals surface area contributed by atoms with Crippen LogP contribution in [0, 0.1) is 0 Å². The average molecular weight is 368 g/mol. The summed E-state index contributed by atoms with van der Waals surface area (Å²) in [6.45, 7) is 2.17. The molecule has 0 unspecified atom stereocenters. The SMILES string of the molecule is CS(=O)(=O)N1CCN(c2nc(-c3ccccc3)nc3ccccc23)CC1. The Bertz CT molecular complexity index is 1030. The molecule has 134 valence electrons. The standard InChI is InChI=1S/C19H20N4O2S/c1-26(24,25)23-13-11-22(12-14-23)19-16-9-5-6-10-17(16)20-18(21-19)15-7-3-2-4-8-15/h2-10H,11-14H2,1H3. The van der Waals surface area contributed by atoms with Crippen molar-refractivity contribution < 1.29 is 8.42 Å². The van der Waals surface area contributed by atoms with Gasteiger partial charge in [0.2, 0.25) is 10.0 Å². The molecule has 0 radical (unpaired) electrons. The van der Waals surface area contributed by atoms with E-state index in [9.17, 15) is 8.42 Å². The molecule has 4 rings (SSSR count). The lowest BCUT2D eigenvalue weighted by Gasteiger charge is -2.34. The highest BCUT2D eigenvalue weighted by Gasteiger charge is 2.25. The molecule has 1 aliphatic heterocycles. The second-order valence-corrected chi connectivity index (χ2v) is 8.39. The van der Waals surface area contributed by atoms with E-state index in [4.69, 9.17) is 9.97 Å². The summed E-state index contributed by atoms with van der Waals surface area (Å²) in [5, 5.41) is 0.986. The topological polar surface area (TPSA) is 66.4 Å². The van der Waals surface area contributed by atoms with E-state index >= 15 is 0 Å². The van der Waals surface area contributed by atoms with Gasteiger partial charge in [-0.25, -0.2) is 18.4 Å². The molecule has 1 aromatic heterocycles. The van der Waals surface area contributed by atoms with Gasteiger partial charge >= 0.3 is 0 Å². The highest BCUT2D eigenvalue weighted by molar-refractivity contribution is 7.88. The van der Waals surface area contributed by atoms with Gasteiger partial charge < -0.3 is 4.90 Å². The van der Waals surface area contributed by atoms with Gasteiger partial charge in [-0.15, -0.1) is 0 Å². The minimum absolute atomic E-state index is 0.470. The molecular weight excluding hydrogens is 348 g/mol. The first kappa shape index (κ1) is 16.9. The molecule has 7 heteroatoms. The summed E-state index contributed by atoms with van der Waals surface area (Å²) in [7, 11) is -3.15. The molecule has 0 N–H and O–H groups in total. The van der Waals surface area contributed by atoms with Crippen LogP contribution >= 0.6 is 0 Å². The van der Waals surface area contributed by atoms with Crippen LogP contribution in [0.1, 0.15) is 0 Å². The van der Waals surface area contributed by atoms with E-state index < -0.39 is 10.0 Å². The summed E-state index contributed by atoms with van der Waals surface area (Å²) in [5.74, 6) is 1.55. The molecule has 6 nitrogen and oxygen atoms in total. The third-order valence-electron chi connectivity index (χ3n) is 4.62. The minimum Gasteiger partial charge on any atom is -0.353 e. The van der Waals surface area contributed by atoms with Crippen molar-refractivity contribution in [2.45, 2.75) is 0 Å². The van der Waals surface area contributed by atoms with Gasteiger partial charge in [0.1, 0.15) is 5.82 Å². The molecule has 2 heterocycles. The largest absolute Gasteiger partial charge is 0.353 e. The van der Waals surface area contributed by atoms with Crippen LogP contribution in [0.3, 0.4) is 0 Å². The summed E-state index contributed by atoms with van der Waals surface area (Å²) in [4.78, 5) is 11.7. The minimum atomic E-state index is -3.15. The van der Waals surface area contributed by atoms with E-state index in [1.54, 1.807) is 0 Å². The summed E-state index contributed by atoms with van der Waals surface area (Å²) in [6, 6.07) is 17.8. The molecule has 1 fully saturated rings. The Morgan fingerprint density at radius 1 is 0.846 bits per heavy atom. The van der Waals surface area contributed by atoms with Crippen LogP contribution < -0.4 is 4.90 Å². The van der Waals surface area contributed by atoms with Crippen molar-refractivity contribution in [1.82, 2.24) is 14.3 Å². The van der Waals surface area contributed by atoms with E-state index in [1.807, 2.05) is 54.6 Å². The summed E-state index contributed by atoms with van der Waals surface area (Å²) >= 11 is 0. The number of fused-ring (bicyclic) bond motifs is 1. The quantitative estimate of drug-likeness (QED) is 0.710. The lowest BCUT2D eigenvalue weighted by molar-refractivity contribution is 0.387. The number of anilines is 1. The number of benzene rings is 2. The fourth-order valence-electron chi connectivity index (χ4n) is 3.25. The van der Waals surface area contributed by atoms with E-state index in [1.165, 1.54) is 10.6 Å². The predicted octanol–water partition coefficient (Wildman–Crippen LogP) is 2.38. The Labute approximate surface area is 153 Å². The number of hydrogen-bond acceptors (Lipinski definition) is 5. The number of hydrogen-bond donors (Lipinski definition) is 0. The molecule has 26 heavy (non-hydrogen) atoms. The maximum Gasteiger partial charge on any atom is 0.211 e. The van der Waals surface area contributed by atoms with Crippen LogP contribution in [-0.2, 0) is 10.0 Å². The van der Waals surface area contributed by atoms with Gasteiger partial charge in [-0.2, -0.15) is 4.31 Å². The Hall–Kier alpha value is -2.51. The predicted molar refractivity (Wildman–Crippen MR) is 104 cm³/mol. The second kappa shape index (κ2) is 6.66. The molecule has 1 aliphatic rings. The highest BCUT2D eigenvalue weighted by atomic mass is 32.2. The third-order valence-corrected chi connectivity index (χ3v) is 5.93. The molecule has 0 aliphatic carbocycles. The molecule has 0 spiro atoms. The van der Waals surface area contributed by atoms with Crippen molar-refractivity contribution in [3.8, 4) is 11.4 Å². The van der Waals surface area contributed by atoms with E-state index in [2.05, 4.69) is 4.90 Å². The van der Waals surface area contributed by atoms with Gasteiger partial charge in [0.15, 0.2) is 5.82 Å². The third kappa shape index (κ3) is 3.27. The first-order valence-electron chi connectivity index (χ1n) is 8.55. The maximum absolute atomic E-state index is 11.8. The number of para-hydroxylation sites is 1. The molecule has 0 saturated carbocycles. The second-order valence-electron chi connectivity index (χ2n) is 6.40. The number of rotatable bonds is 3. The van der Waals surface area contributed by atoms with Crippen molar-refractivity contribution in [2.75, 3.05) is 37.3 Å². The lowest BCUT2D eigenvalue weighted by atomic mass is 10.1. The van der Waals surface area contributed by atoms with E-state index in [0.717, 1.165) is 22.3 Å². The molecule has 0 bridgehead atoms. The number of nitrogens with zero attached hydrogens (tertiary/aromatic N) is 4. The van der Waals surface area contributed by atoms with Crippen LogP contribution in [0.4, 0.5) is 5.82 Å². The number of aromatic nitrogens is 2. The molecule has 0 amide bonds. The van der Waals surface area contributed by atoms with Crippen molar-refractivity contribution in [2.24, 2.45) is 0 Å². The first-order chi connectivity index (χ1) is 12.5. The normalized spacial score (nSPS) is 16.1. The van der Waals surface area contributed by atoms with Crippen molar-refractivity contribution in [3.63, 3.8) is 0 Å². The Morgan fingerprint density at radius 2 is 1.50 bits per heavy atom. The van der Waals surface area contributed by atoms with Gasteiger partial charge in [-0.05, 0) is 12.1 Å². The fourth-order valence-corrected chi connectivity index (χ4v) is 4.08. The monoisotopic (exact) mass is 368 g/mol. The summed E-state index contributed by atoms with van der Waals surface area (Å²) < 4.78 is 25.0. The van der Waals surface area contributed by atoms with Gasteiger partial charge in [-0.3, -0.25) is 0 Å². The fraction of sp³-hybridized carbons (Fsp3) is 0.263. The van der Waals surface area contributed by atoms with Gasteiger partial charge in [-0.1, -0.05) is 42.5 Å². The Morgan fingerprint density at radius 3 is 2.19 bits per heavy atom. The summed E-state index contributed by atoms with van der Waals surface area (Å²) in [6.07, 6.45) is 1.26. The molecule has 0 atom stereocenters. The molecule has 2 aromatic carbocycles. The molecule has 3 aromatic rings. The van der Waals surface area contributed by atoms with Crippen LogP contribution in [-0.4, -0.2) is 55.1 Å². The van der Waals surface area contributed by atoms with Gasteiger partial charge in [0.25, 0.3) is 0 Å². The van der Waals surface area contributed by atoms with Gasteiger partial charge in [0, 0.05) is 37.1 Å².